The Kier molecular flexibility index (Phi) is 4.71. The SMILES string of the molecule is CC(c1ccccc1)n1c(CNC(=O)c2ccccc2)nc2ccccc21. The number of carbonyl (C=O) groups is 1. The predicted octanol–water partition coefficient (Wildman–Crippen LogP) is 4.58. The maximum atomic E-state index is 12.4. The van der Waals surface area contributed by atoms with Gasteiger partial charge in [0.05, 0.1) is 23.6 Å². The summed E-state index contributed by atoms with van der Waals surface area (Å²) >= 11 is 0. The first kappa shape index (κ1) is 17.0. The molecule has 0 aliphatic rings. The second kappa shape index (κ2) is 7.46. The second-order valence-electron chi connectivity index (χ2n) is 6.52. The van der Waals surface area contributed by atoms with Gasteiger partial charge < -0.3 is 9.88 Å². The molecule has 1 heterocycles. The molecule has 0 aliphatic carbocycles. The quantitative estimate of drug-likeness (QED) is 0.570. The molecule has 1 unspecified atom stereocenters. The third-order valence-corrected chi connectivity index (χ3v) is 4.78. The number of hydrogen-bond acceptors (Lipinski definition) is 2. The molecular weight excluding hydrogens is 334 g/mol. The lowest BCUT2D eigenvalue weighted by molar-refractivity contribution is 0.0949. The van der Waals surface area contributed by atoms with E-state index in [0.717, 1.165) is 16.9 Å². The van der Waals surface area contributed by atoms with Crippen LogP contribution in [0.5, 0.6) is 0 Å². The highest BCUT2D eigenvalue weighted by atomic mass is 16.1. The van der Waals surface area contributed by atoms with Crippen LogP contribution in [0.15, 0.2) is 84.9 Å². The van der Waals surface area contributed by atoms with Crippen molar-refractivity contribution in [3.8, 4) is 0 Å². The Morgan fingerprint density at radius 1 is 0.926 bits per heavy atom. The summed E-state index contributed by atoms with van der Waals surface area (Å²) < 4.78 is 2.20. The van der Waals surface area contributed by atoms with Crippen molar-refractivity contribution in [1.29, 1.82) is 0 Å². The van der Waals surface area contributed by atoms with Gasteiger partial charge in [-0.15, -0.1) is 0 Å². The fraction of sp³-hybridized carbons (Fsp3) is 0.130. The van der Waals surface area contributed by atoms with Crippen LogP contribution in [-0.4, -0.2) is 15.5 Å². The number of benzene rings is 3. The van der Waals surface area contributed by atoms with Crippen molar-refractivity contribution in [1.82, 2.24) is 14.9 Å². The number of aromatic nitrogens is 2. The fourth-order valence-corrected chi connectivity index (χ4v) is 3.38. The lowest BCUT2D eigenvalue weighted by atomic mass is 10.1. The van der Waals surface area contributed by atoms with Gasteiger partial charge in [0, 0.05) is 5.56 Å². The van der Waals surface area contributed by atoms with Gasteiger partial charge in [-0.1, -0.05) is 60.7 Å². The third-order valence-electron chi connectivity index (χ3n) is 4.78. The summed E-state index contributed by atoms with van der Waals surface area (Å²) in [6.07, 6.45) is 0. The molecule has 0 spiro atoms. The Hall–Kier alpha value is -3.40. The Morgan fingerprint density at radius 2 is 1.56 bits per heavy atom. The average molecular weight is 355 g/mol. The van der Waals surface area contributed by atoms with E-state index in [9.17, 15) is 4.79 Å². The van der Waals surface area contributed by atoms with E-state index < -0.39 is 0 Å². The molecule has 1 amide bonds. The Balaban J connectivity index is 1.67. The molecular formula is C23H21N3O. The summed E-state index contributed by atoms with van der Waals surface area (Å²) in [5.74, 6) is 0.749. The standard InChI is InChI=1S/C23H21N3O/c1-17(18-10-4-2-5-11-18)26-21-15-9-8-14-20(21)25-22(26)16-24-23(27)19-12-6-3-7-13-19/h2-15,17H,16H2,1H3,(H,24,27). The van der Waals surface area contributed by atoms with Crippen LogP contribution in [0, 0.1) is 0 Å². The molecule has 134 valence electrons. The summed E-state index contributed by atoms with van der Waals surface area (Å²) in [5.41, 5.74) is 3.86. The number of carbonyl (C=O) groups excluding carboxylic acids is 1. The van der Waals surface area contributed by atoms with E-state index in [-0.39, 0.29) is 11.9 Å². The van der Waals surface area contributed by atoms with Gasteiger partial charge in [-0.25, -0.2) is 4.98 Å². The minimum absolute atomic E-state index is 0.0958. The molecule has 4 nitrogen and oxygen atoms in total. The minimum Gasteiger partial charge on any atom is -0.345 e. The molecule has 0 aliphatic heterocycles. The largest absolute Gasteiger partial charge is 0.345 e. The van der Waals surface area contributed by atoms with Crippen LogP contribution in [0.1, 0.15) is 34.7 Å². The Morgan fingerprint density at radius 3 is 2.30 bits per heavy atom. The van der Waals surface area contributed by atoms with E-state index >= 15 is 0 Å². The van der Waals surface area contributed by atoms with Crippen LogP contribution in [0.3, 0.4) is 0 Å². The number of nitrogens with zero attached hydrogens (tertiary/aromatic N) is 2. The third kappa shape index (κ3) is 3.47. The predicted molar refractivity (Wildman–Crippen MR) is 108 cm³/mol. The number of hydrogen-bond donors (Lipinski definition) is 1. The molecule has 4 heteroatoms. The van der Waals surface area contributed by atoms with Crippen LogP contribution in [0.4, 0.5) is 0 Å². The highest BCUT2D eigenvalue weighted by Crippen LogP contribution is 2.26. The first-order valence-corrected chi connectivity index (χ1v) is 9.08. The molecule has 0 saturated carbocycles. The lowest BCUT2D eigenvalue weighted by Gasteiger charge is -2.18. The van der Waals surface area contributed by atoms with E-state index in [4.69, 9.17) is 4.98 Å². The summed E-state index contributed by atoms with van der Waals surface area (Å²) in [4.78, 5) is 17.2. The Bertz CT molecular complexity index is 1050. The smallest absolute Gasteiger partial charge is 0.251 e. The van der Waals surface area contributed by atoms with Gasteiger partial charge in [-0.3, -0.25) is 4.79 Å². The molecule has 0 saturated heterocycles. The highest BCUT2D eigenvalue weighted by molar-refractivity contribution is 5.94. The van der Waals surface area contributed by atoms with Gasteiger partial charge in [0.25, 0.3) is 5.91 Å². The van der Waals surface area contributed by atoms with E-state index in [1.807, 2.05) is 66.7 Å². The van der Waals surface area contributed by atoms with Crippen LogP contribution in [0.2, 0.25) is 0 Å². The monoisotopic (exact) mass is 355 g/mol. The number of imidazole rings is 1. The van der Waals surface area contributed by atoms with E-state index in [1.54, 1.807) is 0 Å². The fourth-order valence-electron chi connectivity index (χ4n) is 3.38. The van der Waals surface area contributed by atoms with Crippen molar-refractivity contribution in [2.75, 3.05) is 0 Å². The van der Waals surface area contributed by atoms with Crippen molar-refractivity contribution in [2.24, 2.45) is 0 Å². The molecule has 27 heavy (non-hydrogen) atoms. The minimum atomic E-state index is -0.0958. The number of fused-ring (bicyclic) bond motifs is 1. The van der Waals surface area contributed by atoms with Crippen molar-refractivity contribution in [3.63, 3.8) is 0 Å². The van der Waals surface area contributed by atoms with Crippen molar-refractivity contribution in [3.05, 3.63) is 102 Å². The van der Waals surface area contributed by atoms with Crippen LogP contribution < -0.4 is 5.32 Å². The number of nitrogens with one attached hydrogen (secondary N) is 1. The first-order chi connectivity index (χ1) is 13.2. The van der Waals surface area contributed by atoms with Crippen LogP contribution in [-0.2, 0) is 6.54 Å². The van der Waals surface area contributed by atoms with Crippen LogP contribution in [0.25, 0.3) is 11.0 Å². The molecule has 0 fully saturated rings. The second-order valence-corrected chi connectivity index (χ2v) is 6.52. The zero-order valence-corrected chi connectivity index (χ0v) is 15.2. The van der Waals surface area contributed by atoms with Crippen molar-refractivity contribution < 1.29 is 4.79 Å². The van der Waals surface area contributed by atoms with Gasteiger partial charge in [0.2, 0.25) is 0 Å². The average Bonchev–Trinajstić information content (AvgIpc) is 3.11. The van der Waals surface area contributed by atoms with Crippen molar-refractivity contribution >= 4 is 16.9 Å². The Labute approximate surface area is 158 Å². The number of rotatable bonds is 5. The normalized spacial score (nSPS) is 12.0. The zero-order chi connectivity index (χ0) is 18.6. The molecule has 1 N–H and O–H groups in total. The van der Waals surface area contributed by atoms with E-state index in [0.29, 0.717) is 12.1 Å². The maximum absolute atomic E-state index is 12.4. The van der Waals surface area contributed by atoms with Crippen molar-refractivity contribution in [2.45, 2.75) is 19.5 Å². The number of para-hydroxylation sites is 2. The highest BCUT2D eigenvalue weighted by Gasteiger charge is 2.17. The zero-order valence-electron chi connectivity index (χ0n) is 15.2. The van der Waals surface area contributed by atoms with Gasteiger partial charge in [-0.05, 0) is 36.8 Å². The molecule has 0 bridgehead atoms. The van der Waals surface area contributed by atoms with Gasteiger partial charge >= 0.3 is 0 Å². The topological polar surface area (TPSA) is 46.9 Å². The van der Waals surface area contributed by atoms with Gasteiger partial charge in [-0.2, -0.15) is 0 Å². The van der Waals surface area contributed by atoms with Crippen LogP contribution >= 0.6 is 0 Å². The summed E-state index contributed by atoms with van der Waals surface area (Å²) in [5, 5.41) is 3.00. The molecule has 0 radical (unpaired) electrons. The summed E-state index contributed by atoms with van der Waals surface area (Å²) in [6, 6.07) is 27.8. The van der Waals surface area contributed by atoms with E-state index in [2.05, 4.69) is 35.0 Å². The maximum Gasteiger partial charge on any atom is 0.251 e. The molecule has 3 aromatic carbocycles. The molecule has 4 aromatic rings. The van der Waals surface area contributed by atoms with Gasteiger partial charge in [0.15, 0.2) is 0 Å². The summed E-state index contributed by atoms with van der Waals surface area (Å²) in [7, 11) is 0. The van der Waals surface area contributed by atoms with E-state index in [1.165, 1.54) is 5.56 Å². The summed E-state index contributed by atoms with van der Waals surface area (Å²) in [6.45, 7) is 2.53. The number of amides is 1. The molecule has 1 aromatic heterocycles. The first-order valence-electron chi connectivity index (χ1n) is 9.08. The molecule has 4 rings (SSSR count). The lowest BCUT2D eigenvalue weighted by Crippen LogP contribution is -2.25. The van der Waals surface area contributed by atoms with Gasteiger partial charge in [0.1, 0.15) is 5.82 Å². The molecule has 1 atom stereocenters.